The number of nitrogens with one attached hydrogen (secondary N) is 1. The van der Waals surface area contributed by atoms with Crippen molar-refractivity contribution in [1.82, 2.24) is 19.4 Å². The lowest BCUT2D eigenvalue weighted by atomic mass is 10.1. The number of aromatic nitrogens is 4. The van der Waals surface area contributed by atoms with Crippen LogP contribution >= 0.6 is 0 Å². The lowest BCUT2D eigenvalue weighted by Crippen LogP contribution is -1.88. The monoisotopic (exact) mass is 234 g/mol. The van der Waals surface area contributed by atoms with Gasteiger partial charge in [-0.3, -0.25) is 9.38 Å². The van der Waals surface area contributed by atoms with Crippen molar-refractivity contribution in [2.75, 3.05) is 0 Å². The maximum absolute atomic E-state index is 4.36. The van der Waals surface area contributed by atoms with E-state index in [1.807, 2.05) is 23.0 Å². The number of hydrogen-bond acceptors (Lipinski definition) is 2. The molecule has 4 rings (SSSR count). The molecule has 0 aliphatic heterocycles. The molecule has 3 aromatic heterocycles. The van der Waals surface area contributed by atoms with E-state index < -0.39 is 0 Å². The third-order valence-corrected chi connectivity index (χ3v) is 3.17. The van der Waals surface area contributed by atoms with E-state index >= 15 is 0 Å². The van der Waals surface area contributed by atoms with Gasteiger partial charge in [0.05, 0.1) is 18.1 Å². The fraction of sp³-hybridized carbons (Fsp3) is 0. The Morgan fingerprint density at radius 3 is 3.11 bits per heavy atom. The van der Waals surface area contributed by atoms with Crippen LogP contribution in [0.4, 0.5) is 0 Å². The van der Waals surface area contributed by atoms with E-state index in [2.05, 4.69) is 39.2 Å². The van der Waals surface area contributed by atoms with Gasteiger partial charge in [0.2, 0.25) is 0 Å². The Morgan fingerprint density at radius 2 is 2.11 bits per heavy atom. The molecule has 0 unspecified atom stereocenters. The minimum Gasteiger partial charge on any atom is -0.361 e. The van der Waals surface area contributed by atoms with Gasteiger partial charge in [0.1, 0.15) is 0 Å². The highest BCUT2D eigenvalue weighted by atomic mass is 15.0. The van der Waals surface area contributed by atoms with E-state index in [1.54, 1.807) is 12.4 Å². The van der Waals surface area contributed by atoms with E-state index in [1.165, 1.54) is 5.39 Å². The SMILES string of the molecule is c1cn2c(-c3ccc4[nH]ccc4c3)cnc2cn1. The minimum absolute atomic E-state index is 0.863. The van der Waals surface area contributed by atoms with Gasteiger partial charge in [-0.2, -0.15) is 0 Å². The number of aromatic amines is 1. The van der Waals surface area contributed by atoms with Crippen molar-refractivity contribution in [3.63, 3.8) is 0 Å². The highest BCUT2D eigenvalue weighted by Gasteiger charge is 2.06. The molecule has 0 aliphatic rings. The van der Waals surface area contributed by atoms with Gasteiger partial charge in [0, 0.05) is 35.1 Å². The maximum atomic E-state index is 4.36. The predicted molar refractivity (Wildman–Crippen MR) is 70.3 cm³/mol. The number of hydrogen-bond donors (Lipinski definition) is 1. The van der Waals surface area contributed by atoms with Crippen LogP contribution in [-0.4, -0.2) is 19.4 Å². The number of nitrogens with zero attached hydrogens (tertiary/aromatic N) is 3. The molecule has 0 fully saturated rings. The van der Waals surface area contributed by atoms with E-state index in [0.717, 1.165) is 22.4 Å². The van der Waals surface area contributed by atoms with Crippen LogP contribution in [0.2, 0.25) is 0 Å². The van der Waals surface area contributed by atoms with Crippen molar-refractivity contribution in [3.05, 3.63) is 55.2 Å². The molecule has 3 heterocycles. The fourth-order valence-corrected chi connectivity index (χ4v) is 2.27. The Balaban J connectivity index is 2.00. The Morgan fingerprint density at radius 1 is 1.11 bits per heavy atom. The van der Waals surface area contributed by atoms with Crippen molar-refractivity contribution in [2.24, 2.45) is 0 Å². The summed E-state index contributed by atoms with van der Waals surface area (Å²) in [7, 11) is 0. The molecule has 1 aromatic carbocycles. The summed E-state index contributed by atoms with van der Waals surface area (Å²) in [6, 6.07) is 8.42. The van der Waals surface area contributed by atoms with Crippen LogP contribution in [0.5, 0.6) is 0 Å². The maximum Gasteiger partial charge on any atom is 0.155 e. The molecule has 4 nitrogen and oxygen atoms in total. The summed E-state index contributed by atoms with van der Waals surface area (Å²) >= 11 is 0. The predicted octanol–water partition coefficient (Wildman–Crippen LogP) is 2.88. The summed E-state index contributed by atoms with van der Waals surface area (Å²) < 4.78 is 2.04. The molecular formula is C14H10N4. The van der Waals surface area contributed by atoms with E-state index in [4.69, 9.17) is 0 Å². The van der Waals surface area contributed by atoms with Crippen LogP contribution in [0.1, 0.15) is 0 Å². The summed E-state index contributed by atoms with van der Waals surface area (Å²) in [5, 5.41) is 1.21. The smallest absolute Gasteiger partial charge is 0.155 e. The van der Waals surface area contributed by atoms with Crippen LogP contribution in [0, 0.1) is 0 Å². The molecule has 0 saturated carbocycles. The fourth-order valence-electron chi connectivity index (χ4n) is 2.27. The lowest BCUT2D eigenvalue weighted by Gasteiger charge is -2.01. The summed E-state index contributed by atoms with van der Waals surface area (Å²) in [5.74, 6) is 0. The average molecular weight is 234 g/mol. The van der Waals surface area contributed by atoms with Gasteiger partial charge < -0.3 is 4.98 Å². The molecule has 4 aromatic rings. The van der Waals surface area contributed by atoms with E-state index in [9.17, 15) is 0 Å². The molecule has 0 amide bonds. The topological polar surface area (TPSA) is 46.0 Å². The van der Waals surface area contributed by atoms with Gasteiger partial charge in [-0.15, -0.1) is 0 Å². The van der Waals surface area contributed by atoms with Gasteiger partial charge in [-0.1, -0.05) is 6.07 Å². The molecule has 0 atom stereocenters. The zero-order chi connectivity index (χ0) is 11.9. The second-order valence-electron chi connectivity index (χ2n) is 4.23. The van der Waals surface area contributed by atoms with Crippen LogP contribution in [-0.2, 0) is 0 Å². The van der Waals surface area contributed by atoms with Crippen LogP contribution in [0.25, 0.3) is 27.8 Å². The average Bonchev–Trinajstić information content (AvgIpc) is 3.04. The number of H-pyrrole nitrogens is 1. The standard InChI is InChI=1S/C14H10N4/c1-2-12-10(3-4-16-12)7-11(1)13-8-17-14-9-15-5-6-18(13)14/h1-9,16H. The highest BCUT2D eigenvalue weighted by molar-refractivity contribution is 5.84. The van der Waals surface area contributed by atoms with Crippen LogP contribution in [0.15, 0.2) is 55.2 Å². The number of benzene rings is 1. The second kappa shape index (κ2) is 3.43. The van der Waals surface area contributed by atoms with Crippen molar-refractivity contribution >= 4 is 16.6 Å². The van der Waals surface area contributed by atoms with Crippen molar-refractivity contribution in [1.29, 1.82) is 0 Å². The van der Waals surface area contributed by atoms with Gasteiger partial charge in [-0.25, -0.2) is 4.98 Å². The van der Waals surface area contributed by atoms with Crippen molar-refractivity contribution in [2.45, 2.75) is 0 Å². The number of imidazole rings is 1. The third-order valence-electron chi connectivity index (χ3n) is 3.17. The molecule has 86 valence electrons. The number of fused-ring (bicyclic) bond motifs is 2. The Hall–Kier alpha value is -2.62. The Kier molecular flexibility index (Phi) is 1.80. The normalized spacial score (nSPS) is 11.3. The summed E-state index contributed by atoms with van der Waals surface area (Å²) in [5.41, 5.74) is 4.24. The molecule has 0 saturated heterocycles. The Bertz CT molecular complexity index is 841. The van der Waals surface area contributed by atoms with Gasteiger partial charge in [-0.05, 0) is 18.2 Å². The molecule has 0 radical (unpaired) electrons. The van der Waals surface area contributed by atoms with Crippen LogP contribution in [0.3, 0.4) is 0 Å². The molecule has 1 N–H and O–H groups in total. The second-order valence-corrected chi connectivity index (χ2v) is 4.23. The first kappa shape index (κ1) is 9.41. The van der Waals surface area contributed by atoms with Crippen LogP contribution < -0.4 is 0 Å². The quantitative estimate of drug-likeness (QED) is 0.550. The lowest BCUT2D eigenvalue weighted by molar-refractivity contribution is 1.13. The van der Waals surface area contributed by atoms with Gasteiger partial charge in [0.25, 0.3) is 0 Å². The van der Waals surface area contributed by atoms with E-state index in [0.29, 0.717) is 0 Å². The molecule has 4 heteroatoms. The molecule has 0 aliphatic carbocycles. The molecule has 18 heavy (non-hydrogen) atoms. The first-order valence-electron chi connectivity index (χ1n) is 5.76. The van der Waals surface area contributed by atoms with Gasteiger partial charge >= 0.3 is 0 Å². The highest BCUT2D eigenvalue weighted by Crippen LogP contribution is 2.24. The Labute approximate surface area is 103 Å². The summed E-state index contributed by atoms with van der Waals surface area (Å²) in [6.07, 6.45) is 9.29. The summed E-state index contributed by atoms with van der Waals surface area (Å²) in [4.78, 5) is 11.6. The molecular weight excluding hydrogens is 224 g/mol. The third kappa shape index (κ3) is 1.26. The van der Waals surface area contributed by atoms with Gasteiger partial charge in [0.15, 0.2) is 5.65 Å². The largest absolute Gasteiger partial charge is 0.361 e. The zero-order valence-electron chi connectivity index (χ0n) is 9.54. The van der Waals surface area contributed by atoms with E-state index in [-0.39, 0.29) is 0 Å². The molecule has 0 bridgehead atoms. The first-order valence-corrected chi connectivity index (χ1v) is 5.76. The first-order chi connectivity index (χ1) is 8.92. The molecule has 0 spiro atoms. The van der Waals surface area contributed by atoms with Crippen molar-refractivity contribution < 1.29 is 0 Å². The zero-order valence-corrected chi connectivity index (χ0v) is 9.54. The number of rotatable bonds is 1. The summed E-state index contributed by atoms with van der Waals surface area (Å²) in [6.45, 7) is 0. The minimum atomic E-state index is 0.863. The van der Waals surface area contributed by atoms with Crippen molar-refractivity contribution in [3.8, 4) is 11.3 Å².